The van der Waals surface area contributed by atoms with Crippen LogP contribution < -0.4 is 5.19 Å². The van der Waals surface area contributed by atoms with Crippen LogP contribution in [0.15, 0.2) is 95.7 Å². The SMILES string of the molecule is CC(C)Cc1cc(-c2[c-]cccc2)ncc1[Si](C)(C)C.CCn1c(-c2[c-]ccc3c2oc2ncccc23)nc2ccccc21.[Ir]. The third-order valence-corrected chi connectivity index (χ3v) is 9.88. The van der Waals surface area contributed by atoms with Gasteiger partial charge < -0.3 is 14.0 Å². The first-order valence-electron chi connectivity index (χ1n) is 15.3. The van der Waals surface area contributed by atoms with Crippen LogP contribution >= 0.6 is 0 Å². The van der Waals surface area contributed by atoms with E-state index < -0.39 is 8.07 Å². The van der Waals surface area contributed by atoms with E-state index in [9.17, 15) is 0 Å². The Kier molecular flexibility index (Phi) is 9.83. The van der Waals surface area contributed by atoms with Gasteiger partial charge in [0.05, 0.1) is 30.5 Å². The number of aromatic nitrogens is 4. The summed E-state index contributed by atoms with van der Waals surface area (Å²) in [6.45, 7) is 14.7. The number of nitrogens with zero attached hydrogens (tertiary/aromatic N) is 4. The Morgan fingerprint density at radius 3 is 2.42 bits per heavy atom. The summed E-state index contributed by atoms with van der Waals surface area (Å²) >= 11 is 0. The van der Waals surface area contributed by atoms with Crippen molar-refractivity contribution in [3.63, 3.8) is 0 Å². The fourth-order valence-corrected chi connectivity index (χ4v) is 7.40. The molecule has 0 N–H and O–H groups in total. The summed E-state index contributed by atoms with van der Waals surface area (Å²) in [4.78, 5) is 13.8. The van der Waals surface area contributed by atoms with Crippen molar-refractivity contribution < 1.29 is 24.5 Å². The van der Waals surface area contributed by atoms with Crippen LogP contribution in [-0.4, -0.2) is 27.6 Å². The molecule has 0 saturated carbocycles. The monoisotopic (exact) mass is 787 g/mol. The molecule has 0 aliphatic heterocycles. The molecule has 7 aromatic rings. The second kappa shape index (κ2) is 13.6. The van der Waals surface area contributed by atoms with Crippen molar-refractivity contribution in [3.05, 3.63) is 109 Å². The average molecular weight is 787 g/mol. The number of rotatable bonds is 6. The molecular weight excluding hydrogens is 749 g/mol. The number of benzene rings is 3. The maximum Gasteiger partial charge on any atom is 0.216 e. The van der Waals surface area contributed by atoms with E-state index in [2.05, 4.69) is 91.5 Å². The fourth-order valence-electron chi connectivity index (χ4n) is 5.81. The maximum atomic E-state index is 6.04. The van der Waals surface area contributed by atoms with Crippen LogP contribution in [0.4, 0.5) is 0 Å². The van der Waals surface area contributed by atoms with Crippen LogP contribution in [0.2, 0.25) is 19.6 Å². The molecule has 0 amide bonds. The minimum Gasteiger partial charge on any atom is -0.486 e. The van der Waals surface area contributed by atoms with Crippen molar-refractivity contribution in [1.29, 1.82) is 0 Å². The predicted octanol–water partition coefficient (Wildman–Crippen LogP) is 9.11. The van der Waals surface area contributed by atoms with Gasteiger partial charge in [-0.15, -0.1) is 54.1 Å². The molecule has 1 radical (unpaired) electrons. The molecule has 7 heteroatoms. The van der Waals surface area contributed by atoms with Crippen molar-refractivity contribution in [2.45, 2.75) is 53.4 Å². The van der Waals surface area contributed by atoms with E-state index in [4.69, 9.17) is 9.40 Å². The van der Waals surface area contributed by atoms with Gasteiger partial charge in [-0.2, -0.15) is 0 Å². The van der Waals surface area contributed by atoms with Crippen molar-refractivity contribution >= 4 is 46.4 Å². The Morgan fingerprint density at radius 2 is 1.69 bits per heavy atom. The van der Waals surface area contributed by atoms with E-state index in [1.807, 2.05) is 60.7 Å². The minimum absolute atomic E-state index is 0. The Bertz CT molecular complexity index is 2060. The second-order valence-corrected chi connectivity index (χ2v) is 17.6. The molecule has 0 aliphatic rings. The van der Waals surface area contributed by atoms with E-state index in [0.29, 0.717) is 11.6 Å². The minimum atomic E-state index is -1.34. The van der Waals surface area contributed by atoms with Crippen LogP contribution in [0.3, 0.4) is 0 Å². The van der Waals surface area contributed by atoms with Gasteiger partial charge in [0.2, 0.25) is 5.71 Å². The molecule has 0 bridgehead atoms. The van der Waals surface area contributed by atoms with Crippen LogP contribution in [0, 0.1) is 18.1 Å². The first-order valence-corrected chi connectivity index (χ1v) is 18.8. The standard InChI is InChI=1S/C20H14N3O.C18H24NSi.Ir/c1-2-23-17-11-4-3-10-16(17)22-19(23)15-8-5-7-13-14-9-6-12-21-20(14)24-18(13)15;1-14(2)11-16-12-17(15-9-7-6-8-10-15)19-13-18(16)20(3,4)5;/h3-7,9-12H,2H2,1H3;6-9,12-14H,11H2,1-5H3;/q2*-1;. The van der Waals surface area contributed by atoms with Gasteiger partial charge in [0, 0.05) is 44.4 Å². The zero-order valence-electron chi connectivity index (χ0n) is 26.7. The summed E-state index contributed by atoms with van der Waals surface area (Å²) in [5, 5.41) is 3.55. The Morgan fingerprint density at radius 1 is 0.889 bits per heavy atom. The number of aryl methyl sites for hydroxylation is 1. The molecule has 0 spiro atoms. The topological polar surface area (TPSA) is 56.7 Å². The molecule has 0 unspecified atom stereocenters. The van der Waals surface area contributed by atoms with Gasteiger partial charge >= 0.3 is 0 Å². The second-order valence-electron chi connectivity index (χ2n) is 12.6. The molecule has 0 aliphatic carbocycles. The fraction of sp³-hybridized carbons (Fsp3) is 0.237. The maximum absolute atomic E-state index is 6.04. The average Bonchev–Trinajstić information content (AvgIpc) is 3.59. The largest absolute Gasteiger partial charge is 0.486 e. The van der Waals surface area contributed by atoms with Crippen LogP contribution in [-0.2, 0) is 33.1 Å². The summed E-state index contributed by atoms with van der Waals surface area (Å²) in [7, 11) is -1.34. The van der Waals surface area contributed by atoms with Gasteiger partial charge in [-0.1, -0.05) is 68.2 Å². The van der Waals surface area contributed by atoms with E-state index in [1.165, 1.54) is 10.8 Å². The Balaban J connectivity index is 0.000000177. The van der Waals surface area contributed by atoms with Crippen LogP contribution in [0.1, 0.15) is 26.3 Å². The number of hydrogen-bond acceptors (Lipinski definition) is 4. The predicted molar refractivity (Wildman–Crippen MR) is 185 cm³/mol. The molecule has 231 valence electrons. The normalized spacial score (nSPS) is 11.5. The zero-order valence-corrected chi connectivity index (χ0v) is 30.1. The van der Waals surface area contributed by atoms with Crippen molar-refractivity contribution in [3.8, 4) is 22.6 Å². The van der Waals surface area contributed by atoms with E-state index in [1.54, 1.807) is 6.20 Å². The van der Waals surface area contributed by atoms with Gasteiger partial charge in [0.1, 0.15) is 0 Å². The van der Waals surface area contributed by atoms with Gasteiger partial charge in [-0.05, 0) is 54.4 Å². The number of fused-ring (bicyclic) bond motifs is 4. The Labute approximate surface area is 280 Å². The van der Waals surface area contributed by atoms with Gasteiger partial charge in [-0.25, -0.2) is 4.98 Å². The number of pyridine rings is 2. The number of para-hydroxylation sites is 2. The molecule has 7 rings (SSSR count). The smallest absolute Gasteiger partial charge is 0.216 e. The van der Waals surface area contributed by atoms with Crippen LogP contribution in [0.5, 0.6) is 0 Å². The third-order valence-electron chi connectivity index (χ3n) is 7.81. The quantitative estimate of drug-likeness (QED) is 0.125. The molecule has 4 aromatic heterocycles. The van der Waals surface area contributed by atoms with E-state index >= 15 is 0 Å². The van der Waals surface area contributed by atoms with Gasteiger partial charge in [0.15, 0.2) is 0 Å². The summed E-state index contributed by atoms with van der Waals surface area (Å²) < 4.78 is 8.23. The van der Waals surface area contributed by atoms with E-state index in [0.717, 1.165) is 63.0 Å². The summed E-state index contributed by atoms with van der Waals surface area (Å²) in [6.07, 6.45) is 4.98. The zero-order chi connectivity index (χ0) is 30.8. The molecule has 0 fully saturated rings. The van der Waals surface area contributed by atoms with Crippen LogP contribution in [0.25, 0.3) is 55.7 Å². The van der Waals surface area contributed by atoms with E-state index in [-0.39, 0.29) is 20.1 Å². The molecule has 0 atom stereocenters. The molecule has 0 saturated heterocycles. The van der Waals surface area contributed by atoms with Crippen molar-refractivity contribution in [1.82, 2.24) is 19.5 Å². The molecule has 45 heavy (non-hydrogen) atoms. The number of furan rings is 1. The first-order chi connectivity index (χ1) is 21.2. The summed E-state index contributed by atoms with van der Waals surface area (Å²) in [5.74, 6) is 1.54. The Hall–Kier alpha value is -3.90. The molecule has 4 heterocycles. The summed E-state index contributed by atoms with van der Waals surface area (Å²) in [6, 6.07) is 33.0. The number of hydrogen-bond donors (Lipinski definition) is 0. The van der Waals surface area contributed by atoms with Crippen molar-refractivity contribution in [2.24, 2.45) is 5.92 Å². The third kappa shape index (κ3) is 6.71. The number of imidazole rings is 1. The molecular formula is C38H38IrN4OSi-2. The van der Waals surface area contributed by atoms with Gasteiger partial charge in [-0.3, -0.25) is 4.98 Å². The van der Waals surface area contributed by atoms with Crippen molar-refractivity contribution in [2.75, 3.05) is 0 Å². The molecule has 3 aromatic carbocycles. The first kappa shape index (κ1) is 32.5. The van der Waals surface area contributed by atoms with Gasteiger partial charge in [0.25, 0.3) is 0 Å². The molecule has 5 nitrogen and oxygen atoms in total. The summed E-state index contributed by atoms with van der Waals surface area (Å²) in [5.41, 5.74) is 8.01.